The first kappa shape index (κ1) is 19.5. The largest absolute Gasteiger partial charge is 0.390 e. The van der Waals surface area contributed by atoms with E-state index < -0.39 is 23.4 Å². The summed E-state index contributed by atoms with van der Waals surface area (Å²) in [4.78, 5) is 0. The fourth-order valence-corrected chi connectivity index (χ4v) is 4.58. The van der Waals surface area contributed by atoms with Gasteiger partial charge in [-0.25, -0.2) is 0 Å². The minimum Gasteiger partial charge on any atom is -0.390 e. The molecule has 0 aromatic rings. The van der Waals surface area contributed by atoms with Crippen LogP contribution in [-0.2, 0) is 23.7 Å². The van der Waals surface area contributed by atoms with Crippen LogP contribution in [0.2, 0.25) is 0 Å². The third-order valence-electron chi connectivity index (χ3n) is 5.85. The highest BCUT2D eigenvalue weighted by Crippen LogP contribution is 2.59. The zero-order valence-corrected chi connectivity index (χ0v) is 15.3. The van der Waals surface area contributed by atoms with Crippen LogP contribution in [0.15, 0.2) is 0 Å². The van der Waals surface area contributed by atoms with Crippen LogP contribution < -0.4 is 0 Å². The molecule has 0 bridgehead atoms. The van der Waals surface area contributed by atoms with Crippen LogP contribution in [-0.4, -0.2) is 72.6 Å². The van der Waals surface area contributed by atoms with Gasteiger partial charge in [-0.15, -0.1) is 0 Å². The lowest BCUT2D eigenvalue weighted by atomic mass is 9.65. The molecule has 1 heterocycles. The molecule has 1 aliphatic heterocycles. The molecule has 2 aliphatic carbocycles. The zero-order valence-electron chi connectivity index (χ0n) is 15.3. The van der Waals surface area contributed by atoms with Gasteiger partial charge in [0.2, 0.25) is 0 Å². The maximum absolute atomic E-state index is 11.7. The predicted octanol–water partition coefficient (Wildman–Crippen LogP) is 1.34. The summed E-state index contributed by atoms with van der Waals surface area (Å²) in [5, 5.41) is 22.4. The summed E-state index contributed by atoms with van der Waals surface area (Å²) in [6.45, 7) is 5.17. The maximum Gasteiger partial charge on any atom is 0.154 e. The van der Waals surface area contributed by atoms with Crippen molar-refractivity contribution in [2.75, 3.05) is 26.8 Å². The van der Waals surface area contributed by atoms with E-state index in [1.807, 2.05) is 13.8 Å². The van der Waals surface area contributed by atoms with Crippen LogP contribution in [0.4, 0.5) is 0 Å². The minimum absolute atomic E-state index is 0.0986. The summed E-state index contributed by atoms with van der Waals surface area (Å²) < 4.78 is 28.4. The summed E-state index contributed by atoms with van der Waals surface area (Å²) in [6, 6.07) is 0. The molecular weight excluding hydrogens is 328 g/mol. The molecule has 7 heteroatoms. The maximum atomic E-state index is 11.7. The Kier molecular flexibility index (Phi) is 6.36. The third kappa shape index (κ3) is 3.36. The topological polar surface area (TPSA) is 89.9 Å². The van der Waals surface area contributed by atoms with Crippen molar-refractivity contribution < 1.29 is 33.9 Å². The van der Waals surface area contributed by atoms with E-state index >= 15 is 0 Å². The summed E-state index contributed by atoms with van der Waals surface area (Å²) in [5.41, 5.74) is -2.41. The van der Waals surface area contributed by atoms with Gasteiger partial charge >= 0.3 is 0 Å². The number of aliphatic hydroxyl groups excluding tert-OH is 1. The molecule has 0 amide bonds. The minimum atomic E-state index is -1.50. The van der Waals surface area contributed by atoms with E-state index in [-0.39, 0.29) is 25.8 Å². The quantitative estimate of drug-likeness (QED) is 0.364. The smallest absolute Gasteiger partial charge is 0.154 e. The first-order valence-corrected chi connectivity index (χ1v) is 9.58. The number of rotatable bonds is 9. The number of epoxide rings is 1. The van der Waals surface area contributed by atoms with E-state index in [2.05, 4.69) is 0 Å². The van der Waals surface area contributed by atoms with E-state index in [0.29, 0.717) is 26.1 Å². The Labute approximate surface area is 149 Å². The molecule has 0 aromatic carbocycles. The average Bonchev–Trinajstić information content (AvgIpc) is 3.36. The fraction of sp³-hybridized carbons (Fsp3) is 1.00. The Morgan fingerprint density at radius 1 is 0.920 bits per heavy atom. The van der Waals surface area contributed by atoms with E-state index in [1.165, 1.54) is 0 Å². The van der Waals surface area contributed by atoms with Crippen LogP contribution in [0.5, 0.6) is 0 Å². The second-order valence-corrected chi connectivity index (χ2v) is 7.13. The standard InChI is InChI=1S/C18H32O7/c1-3-21-11-23-14-8-5-7-13(19)17(14,20)18-15(24-12-22-4-2)9-6-10-16(18)25-18/h13-16,19-20H,3-12H2,1-2H3/t13-,14-,15-,16-,17-,18+/m0/s1. The van der Waals surface area contributed by atoms with Crippen molar-refractivity contribution in [2.45, 2.75) is 88.0 Å². The Morgan fingerprint density at radius 2 is 1.52 bits per heavy atom. The fourth-order valence-electron chi connectivity index (χ4n) is 4.58. The summed E-state index contributed by atoms with van der Waals surface area (Å²) in [6.07, 6.45) is 2.73. The van der Waals surface area contributed by atoms with Crippen molar-refractivity contribution >= 4 is 0 Å². The van der Waals surface area contributed by atoms with Crippen LogP contribution in [0, 0.1) is 0 Å². The van der Waals surface area contributed by atoms with Crippen molar-refractivity contribution in [3.05, 3.63) is 0 Å². The van der Waals surface area contributed by atoms with Gasteiger partial charge in [-0.1, -0.05) is 0 Å². The number of hydrogen-bond acceptors (Lipinski definition) is 7. The van der Waals surface area contributed by atoms with E-state index in [9.17, 15) is 10.2 Å². The molecule has 3 rings (SSSR count). The van der Waals surface area contributed by atoms with Gasteiger partial charge in [0.1, 0.15) is 13.6 Å². The molecule has 146 valence electrons. The normalized spacial score (nSPS) is 43.7. The van der Waals surface area contributed by atoms with Crippen molar-refractivity contribution in [1.82, 2.24) is 0 Å². The average molecular weight is 360 g/mol. The molecule has 0 unspecified atom stereocenters. The molecule has 25 heavy (non-hydrogen) atoms. The second kappa shape index (κ2) is 8.17. The van der Waals surface area contributed by atoms with Gasteiger partial charge in [0.15, 0.2) is 11.2 Å². The Balaban J connectivity index is 1.80. The molecule has 0 spiro atoms. The van der Waals surface area contributed by atoms with Crippen molar-refractivity contribution in [3.8, 4) is 0 Å². The molecular formula is C18H32O7. The van der Waals surface area contributed by atoms with E-state index in [4.69, 9.17) is 23.7 Å². The van der Waals surface area contributed by atoms with Crippen LogP contribution in [0.1, 0.15) is 52.4 Å². The number of ether oxygens (including phenoxy) is 5. The molecule has 7 nitrogen and oxygen atoms in total. The zero-order chi connectivity index (χ0) is 17.9. The van der Waals surface area contributed by atoms with Crippen LogP contribution in [0.3, 0.4) is 0 Å². The highest BCUT2D eigenvalue weighted by atomic mass is 16.7. The third-order valence-corrected chi connectivity index (χ3v) is 5.85. The lowest BCUT2D eigenvalue weighted by Crippen LogP contribution is -2.69. The number of hydrogen-bond donors (Lipinski definition) is 2. The Bertz CT molecular complexity index is 434. The second-order valence-electron chi connectivity index (χ2n) is 7.13. The van der Waals surface area contributed by atoms with Gasteiger partial charge in [0.05, 0.1) is 24.4 Å². The van der Waals surface area contributed by atoms with Crippen LogP contribution in [0.25, 0.3) is 0 Å². The number of fused-ring (bicyclic) bond motifs is 1. The molecule has 3 fully saturated rings. The van der Waals surface area contributed by atoms with E-state index in [1.54, 1.807) is 0 Å². The molecule has 0 radical (unpaired) electrons. The lowest BCUT2D eigenvalue weighted by Gasteiger charge is -2.49. The first-order valence-electron chi connectivity index (χ1n) is 9.58. The van der Waals surface area contributed by atoms with Gasteiger partial charge in [-0.2, -0.15) is 0 Å². The molecule has 2 saturated carbocycles. The summed E-state index contributed by atoms with van der Waals surface area (Å²) in [7, 11) is 0. The van der Waals surface area contributed by atoms with Crippen molar-refractivity contribution in [3.63, 3.8) is 0 Å². The Morgan fingerprint density at radius 3 is 2.20 bits per heavy atom. The number of aliphatic hydroxyl groups is 2. The van der Waals surface area contributed by atoms with Gasteiger partial charge in [-0.05, 0) is 52.4 Å². The van der Waals surface area contributed by atoms with E-state index in [0.717, 1.165) is 25.7 Å². The van der Waals surface area contributed by atoms with Crippen molar-refractivity contribution in [2.24, 2.45) is 0 Å². The molecule has 0 aromatic heterocycles. The highest BCUT2D eigenvalue weighted by molar-refractivity contribution is 5.26. The highest BCUT2D eigenvalue weighted by Gasteiger charge is 2.78. The van der Waals surface area contributed by atoms with Gasteiger partial charge in [0.25, 0.3) is 0 Å². The van der Waals surface area contributed by atoms with Gasteiger partial charge < -0.3 is 33.9 Å². The van der Waals surface area contributed by atoms with Gasteiger partial charge in [0, 0.05) is 13.2 Å². The predicted molar refractivity (Wildman–Crippen MR) is 89.0 cm³/mol. The molecule has 6 atom stereocenters. The van der Waals surface area contributed by atoms with Crippen molar-refractivity contribution in [1.29, 1.82) is 0 Å². The molecule has 3 aliphatic rings. The summed E-state index contributed by atoms with van der Waals surface area (Å²) >= 11 is 0. The SMILES string of the molecule is CCOCO[C@H]1CCC[C@H](O)[C@@]1(O)[C@]12O[C@H]1CCC[C@@H]2OCOCC. The lowest BCUT2D eigenvalue weighted by molar-refractivity contribution is -0.260. The molecule has 1 saturated heterocycles. The Hall–Kier alpha value is -0.280. The monoisotopic (exact) mass is 360 g/mol. The van der Waals surface area contributed by atoms with Crippen LogP contribution >= 0.6 is 0 Å². The van der Waals surface area contributed by atoms with Gasteiger partial charge in [-0.3, -0.25) is 0 Å². The summed E-state index contributed by atoms with van der Waals surface area (Å²) in [5.74, 6) is 0. The first-order chi connectivity index (χ1) is 12.1. The molecule has 2 N–H and O–H groups in total.